The second kappa shape index (κ2) is 12.0. The Morgan fingerprint density at radius 3 is 2.38 bits per heavy atom. The molecule has 0 saturated heterocycles. The van der Waals surface area contributed by atoms with Gasteiger partial charge in [-0.15, -0.1) is 11.3 Å². The van der Waals surface area contributed by atoms with Gasteiger partial charge in [0.2, 0.25) is 4.38 Å². The van der Waals surface area contributed by atoms with Gasteiger partial charge in [-0.1, -0.05) is 32.5 Å². The fraction of sp³-hybridized carbons (Fsp3) is 0.792. The van der Waals surface area contributed by atoms with E-state index < -0.39 is 13.9 Å². The maximum atomic E-state index is 12.1. The molecule has 6 nitrogen and oxygen atoms in total. The SMILES string of the molecule is CSC(=S)OC(c1ncc(CO[Si](C)(C)C(C)(C)C)s1)C1CCC(NC(=O)OC(C)(C)C)CC1. The van der Waals surface area contributed by atoms with Gasteiger partial charge in [-0.25, -0.2) is 9.78 Å². The monoisotopic (exact) mass is 546 g/mol. The van der Waals surface area contributed by atoms with Crippen LogP contribution in [0.15, 0.2) is 6.20 Å². The molecular weight excluding hydrogens is 505 g/mol. The van der Waals surface area contributed by atoms with E-state index in [1.165, 1.54) is 11.8 Å². The van der Waals surface area contributed by atoms with E-state index in [2.05, 4.69) is 39.2 Å². The predicted molar refractivity (Wildman–Crippen MR) is 149 cm³/mol. The summed E-state index contributed by atoms with van der Waals surface area (Å²) >= 11 is 8.51. The van der Waals surface area contributed by atoms with Crippen LogP contribution in [-0.4, -0.2) is 41.7 Å². The standard InChI is InChI=1S/C24H42N2O4S3Si/c1-23(2,3)30-21(27)26-17-12-10-16(11-13-17)19(29-22(31)32-7)20-25-14-18(33-20)15-28-34(8,9)24(4,5)6/h14,16-17,19H,10-13,15H2,1-9H3,(H,26,27). The normalized spacial score (nSPS) is 20.5. The molecule has 1 saturated carbocycles. The zero-order chi connectivity index (χ0) is 25.7. The van der Waals surface area contributed by atoms with Crippen molar-refractivity contribution in [1.29, 1.82) is 0 Å². The zero-order valence-electron chi connectivity index (χ0n) is 22.1. The number of hydrogen-bond acceptors (Lipinski definition) is 8. The minimum absolute atomic E-state index is 0.115. The molecule has 1 fully saturated rings. The topological polar surface area (TPSA) is 69.7 Å². The Labute approximate surface area is 220 Å². The van der Waals surface area contributed by atoms with Gasteiger partial charge in [0.15, 0.2) is 14.4 Å². The van der Waals surface area contributed by atoms with E-state index in [0.717, 1.165) is 35.6 Å². The third-order valence-electron chi connectivity index (χ3n) is 6.51. The molecule has 0 spiro atoms. The van der Waals surface area contributed by atoms with E-state index >= 15 is 0 Å². The van der Waals surface area contributed by atoms with Crippen LogP contribution >= 0.6 is 35.3 Å². The molecule has 0 bridgehead atoms. The molecule has 1 aliphatic rings. The lowest BCUT2D eigenvalue weighted by Crippen LogP contribution is -2.41. The molecule has 194 valence electrons. The maximum absolute atomic E-state index is 12.1. The number of ether oxygens (including phenoxy) is 2. The Morgan fingerprint density at radius 1 is 1.24 bits per heavy atom. The van der Waals surface area contributed by atoms with Crippen LogP contribution in [0.4, 0.5) is 4.79 Å². The third-order valence-corrected chi connectivity index (χ3v) is 13.0. The minimum Gasteiger partial charge on any atom is -0.468 e. The van der Waals surface area contributed by atoms with E-state index in [9.17, 15) is 4.79 Å². The average molecular weight is 547 g/mol. The molecule has 1 amide bonds. The lowest BCUT2D eigenvalue weighted by Gasteiger charge is -2.36. The highest BCUT2D eigenvalue weighted by Crippen LogP contribution is 2.41. The van der Waals surface area contributed by atoms with E-state index in [0.29, 0.717) is 16.9 Å². The molecule has 1 aromatic rings. The molecule has 2 rings (SSSR count). The molecule has 1 N–H and O–H groups in total. The van der Waals surface area contributed by atoms with Crippen molar-refractivity contribution >= 4 is 54.1 Å². The first-order valence-corrected chi connectivity index (χ1v) is 17.3. The van der Waals surface area contributed by atoms with Crippen molar-refractivity contribution in [3.05, 3.63) is 16.1 Å². The van der Waals surface area contributed by atoms with E-state index in [1.54, 1.807) is 11.3 Å². The summed E-state index contributed by atoms with van der Waals surface area (Å²) in [6.45, 7) is 17.5. The minimum atomic E-state index is -1.83. The Balaban J connectivity index is 2.03. The molecule has 10 heteroatoms. The smallest absolute Gasteiger partial charge is 0.407 e. The molecule has 1 atom stereocenters. The van der Waals surface area contributed by atoms with Crippen molar-refractivity contribution in [1.82, 2.24) is 10.3 Å². The molecule has 0 radical (unpaired) electrons. The molecular formula is C24H42N2O4S3Si. The number of rotatable bonds is 7. The fourth-order valence-corrected chi connectivity index (χ4v) is 5.84. The number of amides is 1. The van der Waals surface area contributed by atoms with Crippen LogP contribution in [-0.2, 0) is 20.5 Å². The number of alkyl carbamates (subject to hydrolysis) is 1. The van der Waals surface area contributed by atoms with Gasteiger partial charge in [-0.05, 0) is 83.1 Å². The molecule has 1 aromatic heterocycles. The van der Waals surface area contributed by atoms with Crippen molar-refractivity contribution in [2.45, 2.75) is 110 Å². The summed E-state index contributed by atoms with van der Waals surface area (Å²) in [6, 6.07) is 0.115. The van der Waals surface area contributed by atoms with Crippen molar-refractivity contribution in [2.24, 2.45) is 5.92 Å². The van der Waals surface area contributed by atoms with Crippen LogP contribution < -0.4 is 5.32 Å². The van der Waals surface area contributed by atoms with Gasteiger partial charge in [0.1, 0.15) is 10.6 Å². The summed E-state index contributed by atoms with van der Waals surface area (Å²) < 4.78 is 18.6. The molecule has 34 heavy (non-hydrogen) atoms. The van der Waals surface area contributed by atoms with Crippen LogP contribution in [0.2, 0.25) is 18.1 Å². The van der Waals surface area contributed by atoms with Crippen LogP contribution in [0.25, 0.3) is 0 Å². The first-order chi connectivity index (χ1) is 15.6. The Hall–Kier alpha value is -0.683. The summed E-state index contributed by atoms with van der Waals surface area (Å²) in [6.07, 6.45) is 6.94. The summed E-state index contributed by atoms with van der Waals surface area (Å²) in [4.78, 5) is 18.0. The largest absolute Gasteiger partial charge is 0.468 e. The second-order valence-electron chi connectivity index (χ2n) is 11.5. The molecule has 0 aromatic carbocycles. The first-order valence-electron chi connectivity index (χ1n) is 11.9. The average Bonchev–Trinajstić information content (AvgIpc) is 3.17. The Bertz CT molecular complexity index is 825. The number of aromatic nitrogens is 1. The molecule has 0 aliphatic heterocycles. The highest BCUT2D eigenvalue weighted by atomic mass is 32.2. The summed E-state index contributed by atoms with van der Waals surface area (Å²) in [5.74, 6) is 0.294. The Kier molecular flexibility index (Phi) is 10.5. The molecule has 1 aliphatic carbocycles. The van der Waals surface area contributed by atoms with Crippen molar-refractivity contribution in [2.75, 3.05) is 6.26 Å². The number of thiocarbonyl (C=S) groups is 1. The molecule has 1 unspecified atom stereocenters. The third kappa shape index (κ3) is 9.08. The van der Waals surface area contributed by atoms with Gasteiger partial charge < -0.3 is 19.2 Å². The van der Waals surface area contributed by atoms with E-state index in [4.69, 9.17) is 31.1 Å². The number of nitrogens with one attached hydrogen (secondary N) is 1. The number of thioether (sulfide) groups is 1. The van der Waals surface area contributed by atoms with Gasteiger partial charge in [0.25, 0.3) is 0 Å². The lowest BCUT2D eigenvalue weighted by atomic mass is 9.82. The number of nitrogens with zero attached hydrogens (tertiary/aromatic N) is 1. The quantitative estimate of drug-likeness (QED) is 0.281. The van der Waals surface area contributed by atoms with Crippen LogP contribution in [0.5, 0.6) is 0 Å². The van der Waals surface area contributed by atoms with Gasteiger partial charge >= 0.3 is 6.09 Å². The van der Waals surface area contributed by atoms with Crippen molar-refractivity contribution in [3.8, 4) is 0 Å². The zero-order valence-corrected chi connectivity index (χ0v) is 25.6. The number of hydrogen-bond donors (Lipinski definition) is 1. The molecule has 1 heterocycles. The van der Waals surface area contributed by atoms with Gasteiger partial charge in [-0.3, -0.25) is 0 Å². The highest BCUT2D eigenvalue weighted by Gasteiger charge is 2.38. The maximum Gasteiger partial charge on any atom is 0.407 e. The predicted octanol–water partition coefficient (Wildman–Crippen LogP) is 7.45. The summed E-state index contributed by atoms with van der Waals surface area (Å²) in [7, 11) is -1.83. The lowest BCUT2D eigenvalue weighted by molar-refractivity contribution is 0.0462. The van der Waals surface area contributed by atoms with Crippen LogP contribution in [0, 0.1) is 5.92 Å². The van der Waals surface area contributed by atoms with E-state index in [1.807, 2.05) is 33.2 Å². The number of carbonyl (C=O) groups excluding carboxylic acids is 1. The highest BCUT2D eigenvalue weighted by molar-refractivity contribution is 8.22. The van der Waals surface area contributed by atoms with Gasteiger partial charge in [0.05, 0.1) is 6.61 Å². The fourth-order valence-electron chi connectivity index (χ4n) is 3.53. The van der Waals surface area contributed by atoms with Crippen LogP contribution in [0.3, 0.4) is 0 Å². The van der Waals surface area contributed by atoms with Crippen molar-refractivity contribution in [3.63, 3.8) is 0 Å². The summed E-state index contributed by atoms with van der Waals surface area (Å²) in [5.41, 5.74) is -0.495. The number of thiazole rings is 1. The van der Waals surface area contributed by atoms with E-state index in [-0.39, 0.29) is 23.3 Å². The second-order valence-corrected chi connectivity index (χ2v) is 18.8. The summed E-state index contributed by atoms with van der Waals surface area (Å²) in [5, 5.41) is 4.14. The first kappa shape index (κ1) is 29.5. The van der Waals surface area contributed by atoms with Gasteiger partial charge in [0, 0.05) is 23.0 Å². The Morgan fingerprint density at radius 2 is 1.85 bits per heavy atom. The van der Waals surface area contributed by atoms with Crippen LogP contribution in [0.1, 0.15) is 83.2 Å². The van der Waals surface area contributed by atoms with Gasteiger partial charge in [-0.2, -0.15) is 0 Å². The van der Waals surface area contributed by atoms with Crippen molar-refractivity contribution < 1.29 is 18.7 Å². The number of carbonyl (C=O) groups is 1.